The molecule has 0 aliphatic heterocycles. The van der Waals surface area contributed by atoms with Crippen molar-refractivity contribution in [2.24, 2.45) is 0 Å². The Balaban J connectivity index is 2.22. The highest BCUT2D eigenvalue weighted by Crippen LogP contribution is 2.43. The molecule has 2 aromatic heterocycles. The molecule has 0 aliphatic carbocycles. The Kier molecular flexibility index (Phi) is 5.25. The molecule has 0 saturated heterocycles. The number of hydrogen-bond acceptors (Lipinski definition) is 4. The van der Waals surface area contributed by atoms with Gasteiger partial charge in [0, 0.05) is 19.5 Å². The number of allylic oxidation sites excluding steroid dienone is 1. The number of fused-ring (bicyclic) bond motifs is 1. The van der Waals surface area contributed by atoms with Crippen LogP contribution < -0.4 is 0 Å². The predicted molar refractivity (Wildman–Crippen MR) is 111 cm³/mol. The summed E-state index contributed by atoms with van der Waals surface area (Å²) in [5.74, 6) is -0.526. The molecule has 6 heteroatoms. The first-order chi connectivity index (χ1) is 12.4. The Morgan fingerprint density at radius 1 is 1.23 bits per heavy atom. The van der Waals surface area contributed by atoms with Gasteiger partial charge >= 0.3 is 0 Å². The molecule has 0 saturated carbocycles. The van der Waals surface area contributed by atoms with Gasteiger partial charge in [-0.05, 0) is 47.1 Å². The van der Waals surface area contributed by atoms with Gasteiger partial charge < -0.3 is 4.90 Å². The number of amides is 1. The molecule has 1 amide bonds. The first-order valence-corrected chi connectivity index (χ1v) is 9.81. The van der Waals surface area contributed by atoms with Crippen LogP contribution in [0.2, 0.25) is 0 Å². The monoisotopic (exact) mass is 429 g/mol. The molecule has 2 heterocycles. The maximum absolute atomic E-state index is 13.2. The molecule has 3 aromatic rings. The summed E-state index contributed by atoms with van der Waals surface area (Å²) >= 11 is 4.98. The third-order valence-electron chi connectivity index (χ3n) is 4.54. The number of nitrogens with zero attached hydrogens (tertiary/aromatic N) is 3. The van der Waals surface area contributed by atoms with E-state index < -0.39 is 11.3 Å². The van der Waals surface area contributed by atoms with Gasteiger partial charge in [0.1, 0.15) is 15.5 Å². The van der Waals surface area contributed by atoms with Crippen molar-refractivity contribution in [2.75, 3.05) is 14.1 Å². The van der Waals surface area contributed by atoms with Gasteiger partial charge in [-0.1, -0.05) is 24.3 Å². The lowest BCUT2D eigenvalue weighted by Gasteiger charge is -2.34. The first-order valence-electron chi connectivity index (χ1n) is 8.20. The quantitative estimate of drug-likeness (QED) is 0.433. The van der Waals surface area contributed by atoms with E-state index in [-0.39, 0.29) is 5.91 Å². The molecule has 3 rings (SSSR count). The van der Waals surface area contributed by atoms with Gasteiger partial charge in [0.05, 0.1) is 15.9 Å². The summed E-state index contributed by atoms with van der Waals surface area (Å²) in [6, 6.07) is 13.6. The largest absolute Gasteiger partial charge is 0.348 e. The Morgan fingerprint density at radius 3 is 2.58 bits per heavy atom. The smallest absolute Gasteiger partial charge is 0.233 e. The Bertz CT molecular complexity index is 935. The number of thiazole rings is 1. The lowest BCUT2D eigenvalue weighted by atomic mass is 9.73. The molecule has 26 heavy (non-hydrogen) atoms. The number of para-hydroxylation sites is 1. The summed E-state index contributed by atoms with van der Waals surface area (Å²) in [5.41, 5.74) is 0.984. The van der Waals surface area contributed by atoms with Gasteiger partial charge in [0.15, 0.2) is 0 Å². The van der Waals surface area contributed by atoms with Crippen LogP contribution in [0.15, 0.2) is 59.7 Å². The highest BCUT2D eigenvalue weighted by Gasteiger charge is 2.43. The first kappa shape index (κ1) is 18.7. The van der Waals surface area contributed by atoms with Gasteiger partial charge in [-0.25, -0.2) is 9.97 Å². The fraction of sp³-hybridized carbons (Fsp3) is 0.250. The zero-order valence-electron chi connectivity index (χ0n) is 14.9. The van der Waals surface area contributed by atoms with Gasteiger partial charge in [-0.2, -0.15) is 0 Å². The Hall–Kier alpha value is -2.05. The summed E-state index contributed by atoms with van der Waals surface area (Å²) in [7, 11) is 3.53. The molecule has 0 bridgehead atoms. The van der Waals surface area contributed by atoms with Gasteiger partial charge in [0.2, 0.25) is 5.91 Å². The van der Waals surface area contributed by atoms with E-state index in [2.05, 4.69) is 27.5 Å². The Labute approximate surface area is 165 Å². The number of benzene rings is 1. The van der Waals surface area contributed by atoms with Crippen molar-refractivity contribution in [2.45, 2.75) is 18.3 Å². The van der Waals surface area contributed by atoms with Crippen LogP contribution in [0.4, 0.5) is 0 Å². The molecule has 0 unspecified atom stereocenters. The number of likely N-dealkylation sites (N-methyl/N-ethyl adjacent to an activating group) is 1. The average Bonchev–Trinajstić information content (AvgIpc) is 3.04. The van der Waals surface area contributed by atoms with Crippen LogP contribution in [0.5, 0.6) is 0 Å². The van der Waals surface area contributed by atoms with E-state index in [1.807, 2.05) is 49.4 Å². The summed E-state index contributed by atoms with van der Waals surface area (Å²) in [5, 5.41) is 0.772. The predicted octanol–water partition coefficient (Wildman–Crippen LogP) is 4.77. The van der Waals surface area contributed by atoms with Crippen LogP contribution in [-0.4, -0.2) is 34.9 Å². The summed E-state index contributed by atoms with van der Waals surface area (Å²) in [6.45, 7) is 6.02. The standard InChI is InChI=1S/C20H20BrN3OS/c1-5-20(2,15-11-8-12-16(21)23-15)17(19(25)24(3)4)18-22-13-9-6-7-10-14(13)26-18/h5-12,17H,1H2,2-4H3/t17-,20+/m1/s1. The third kappa shape index (κ3) is 3.31. The number of halogens is 1. The molecule has 0 N–H and O–H groups in total. The second-order valence-electron chi connectivity index (χ2n) is 6.52. The fourth-order valence-corrected chi connectivity index (χ4v) is 4.51. The minimum atomic E-state index is -0.695. The summed E-state index contributed by atoms with van der Waals surface area (Å²) < 4.78 is 1.79. The molecule has 0 spiro atoms. The molecule has 0 radical (unpaired) electrons. The van der Waals surface area contributed by atoms with E-state index in [1.54, 1.807) is 36.4 Å². The molecular weight excluding hydrogens is 410 g/mol. The summed E-state index contributed by atoms with van der Waals surface area (Å²) in [6.07, 6.45) is 1.81. The molecule has 134 valence electrons. The summed E-state index contributed by atoms with van der Waals surface area (Å²) in [4.78, 5) is 24.2. The highest BCUT2D eigenvalue weighted by molar-refractivity contribution is 9.10. The molecule has 0 fully saturated rings. The molecule has 0 aliphatic rings. The van der Waals surface area contributed by atoms with Crippen molar-refractivity contribution in [3.63, 3.8) is 0 Å². The molecule has 1 aromatic carbocycles. The maximum atomic E-state index is 13.2. The number of hydrogen-bond donors (Lipinski definition) is 0. The number of pyridine rings is 1. The van der Waals surface area contributed by atoms with E-state index in [0.717, 1.165) is 25.5 Å². The third-order valence-corrected chi connectivity index (χ3v) is 6.08. The zero-order chi connectivity index (χ0) is 18.9. The van der Waals surface area contributed by atoms with E-state index in [4.69, 9.17) is 4.98 Å². The SMILES string of the molecule is C=C[C@@](C)(c1cccc(Br)n1)[C@@H](C(=O)N(C)C)c1nc2ccccc2s1. The van der Waals surface area contributed by atoms with E-state index in [1.165, 1.54) is 0 Å². The van der Waals surface area contributed by atoms with Crippen LogP contribution in [0.1, 0.15) is 23.5 Å². The molecule has 4 nitrogen and oxygen atoms in total. The lowest BCUT2D eigenvalue weighted by Crippen LogP contribution is -2.40. The van der Waals surface area contributed by atoms with Crippen LogP contribution in [0.3, 0.4) is 0 Å². The van der Waals surface area contributed by atoms with Crippen molar-refractivity contribution >= 4 is 43.4 Å². The van der Waals surface area contributed by atoms with Crippen molar-refractivity contribution in [1.29, 1.82) is 0 Å². The number of carbonyl (C=O) groups is 1. The van der Waals surface area contributed by atoms with Crippen molar-refractivity contribution in [1.82, 2.24) is 14.9 Å². The van der Waals surface area contributed by atoms with Crippen LogP contribution in [0, 0.1) is 0 Å². The van der Waals surface area contributed by atoms with Gasteiger partial charge in [0.25, 0.3) is 0 Å². The van der Waals surface area contributed by atoms with Crippen molar-refractivity contribution in [3.8, 4) is 0 Å². The number of aromatic nitrogens is 2. The second-order valence-corrected chi connectivity index (χ2v) is 8.39. The van der Waals surface area contributed by atoms with Crippen molar-refractivity contribution < 1.29 is 4.79 Å². The topological polar surface area (TPSA) is 46.1 Å². The normalized spacial score (nSPS) is 14.6. The van der Waals surface area contributed by atoms with Crippen LogP contribution >= 0.6 is 27.3 Å². The van der Waals surface area contributed by atoms with Gasteiger partial charge in [-0.15, -0.1) is 17.9 Å². The Morgan fingerprint density at radius 2 is 1.96 bits per heavy atom. The van der Waals surface area contributed by atoms with Gasteiger partial charge in [-0.3, -0.25) is 4.79 Å². The van der Waals surface area contributed by atoms with Crippen LogP contribution in [0.25, 0.3) is 10.2 Å². The van der Waals surface area contributed by atoms with E-state index >= 15 is 0 Å². The zero-order valence-corrected chi connectivity index (χ0v) is 17.3. The van der Waals surface area contributed by atoms with E-state index in [9.17, 15) is 4.79 Å². The maximum Gasteiger partial charge on any atom is 0.233 e. The number of rotatable bonds is 5. The fourth-order valence-electron chi connectivity index (χ4n) is 2.97. The minimum absolute atomic E-state index is 0.0202. The van der Waals surface area contributed by atoms with E-state index in [0.29, 0.717) is 0 Å². The number of carbonyl (C=O) groups excluding carboxylic acids is 1. The average molecular weight is 430 g/mol. The lowest BCUT2D eigenvalue weighted by molar-refractivity contribution is -0.131. The second kappa shape index (κ2) is 7.29. The highest BCUT2D eigenvalue weighted by atomic mass is 79.9. The van der Waals surface area contributed by atoms with Crippen molar-refractivity contribution in [3.05, 3.63) is 70.4 Å². The molecule has 2 atom stereocenters. The minimum Gasteiger partial charge on any atom is -0.348 e. The molecular formula is C20H20BrN3OS. The van der Waals surface area contributed by atoms with Crippen LogP contribution in [-0.2, 0) is 10.2 Å².